The number of hydrogen-bond donors (Lipinski definition) is 3. The molecule has 0 saturated carbocycles. The summed E-state index contributed by atoms with van der Waals surface area (Å²) in [4.78, 5) is 0. The lowest BCUT2D eigenvalue weighted by Crippen LogP contribution is -2.63. The lowest BCUT2D eigenvalue weighted by Gasteiger charge is -2.33. The van der Waals surface area contributed by atoms with E-state index in [1.807, 2.05) is 5.32 Å². The van der Waals surface area contributed by atoms with Gasteiger partial charge in [0.2, 0.25) is 5.72 Å². The quantitative estimate of drug-likeness (QED) is 0.707. The van der Waals surface area contributed by atoms with Gasteiger partial charge >= 0.3 is 6.18 Å². The third-order valence-electron chi connectivity index (χ3n) is 2.44. The van der Waals surface area contributed by atoms with Crippen LogP contribution >= 0.6 is 0 Å². The maximum Gasteiger partial charge on any atom is 0.433 e. The van der Waals surface area contributed by atoms with E-state index < -0.39 is 18.0 Å². The molecule has 0 bridgehead atoms. The monoisotopic (exact) mass is 249 g/mol. The normalized spacial score (nSPS) is 17.5. The molecule has 0 fully saturated rings. The zero-order valence-corrected chi connectivity index (χ0v) is 9.20. The molecule has 96 valence electrons. The van der Waals surface area contributed by atoms with Gasteiger partial charge in [-0.05, 0) is 12.5 Å². The van der Waals surface area contributed by atoms with Crippen LogP contribution in [0.1, 0.15) is 12.5 Å². The fraction of sp³-hybridized carbons (Fsp3) is 0.455. The smallest absolute Gasteiger partial charge is 0.389 e. The minimum absolute atomic E-state index is 0.193. The van der Waals surface area contributed by atoms with Crippen molar-refractivity contribution in [1.82, 2.24) is 5.32 Å². The van der Waals surface area contributed by atoms with Crippen molar-refractivity contribution in [1.29, 1.82) is 0 Å². The predicted molar refractivity (Wildman–Crippen MR) is 56.0 cm³/mol. The van der Waals surface area contributed by atoms with Crippen molar-refractivity contribution in [3.63, 3.8) is 0 Å². The highest BCUT2D eigenvalue weighted by atomic mass is 19.4. The second-order valence-corrected chi connectivity index (χ2v) is 3.78. The molecule has 0 aliphatic carbocycles. The summed E-state index contributed by atoms with van der Waals surface area (Å²) in [5, 5.41) is 20.4. The van der Waals surface area contributed by atoms with Crippen LogP contribution in [0.5, 0.6) is 0 Å². The van der Waals surface area contributed by atoms with Gasteiger partial charge in [-0.3, -0.25) is 5.32 Å². The van der Waals surface area contributed by atoms with E-state index in [1.54, 1.807) is 30.3 Å². The summed E-state index contributed by atoms with van der Waals surface area (Å²) in [6.07, 6.45) is -6.91. The van der Waals surface area contributed by atoms with Gasteiger partial charge in [0.1, 0.15) is 6.10 Å². The van der Waals surface area contributed by atoms with Crippen molar-refractivity contribution in [3.8, 4) is 0 Å². The highest BCUT2D eigenvalue weighted by Crippen LogP contribution is 2.31. The molecule has 0 aliphatic rings. The molecule has 1 aromatic rings. The summed E-state index contributed by atoms with van der Waals surface area (Å²) >= 11 is 0. The highest BCUT2D eigenvalue weighted by molar-refractivity contribution is 5.14. The van der Waals surface area contributed by atoms with Gasteiger partial charge in [-0.1, -0.05) is 30.3 Å². The number of nitrogens with one attached hydrogen (secondary N) is 1. The largest absolute Gasteiger partial charge is 0.433 e. The first-order valence-corrected chi connectivity index (χ1v) is 5.03. The van der Waals surface area contributed by atoms with Gasteiger partial charge in [-0.25, -0.2) is 0 Å². The van der Waals surface area contributed by atoms with E-state index >= 15 is 0 Å². The third kappa shape index (κ3) is 3.18. The number of aliphatic hydroxyl groups is 2. The fourth-order valence-corrected chi connectivity index (χ4v) is 1.32. The molecular formula is C11H14F3NO2. The zero-order chi connectivity index (χ0) is 13.1. The molecule has 0 spiro atoms. The number of rotatable bonds is 4. The Morgan fingerprint density at radius 1 is 1.24 bits per heavy atom. The summed E-state index contributed by atoms with van der Waals surface area (Å²) in [5.41, 5.74) is -2.72. The van der Waals surface area contributed by atoms with E-state index in [0.29, 0.717) is 5.56 Å². The van der Waals surface area contributed by atoms with Gasteiger partial charge in [0.25, 0.3) is 0 Å². The molecule has 0 heterocycles. The zero-order valence-electron chi connectivity index (χ0n) is 9.20. The van der Waals surface area contributed by atoms with Crippen LogP contribution in [0.4, 0.5) is 13.2 Å². The van der Waals surface area contributed by atoms with E-state index in [1.165, 1.54) is 0 Å². The summed E-state index contributed by atoms with van der Waals surface area (Å²) < 4.78 is 37.8. The maximum absolute atomic E-state index is 12.6. The molecular weight excluding hydrogens is 235 g/mol. The number of hydrogen-bond acceptors (Lipinski definition) is 3. The van der Waals surface area contributed by atoms with Crippen LogP contribution in [-0.4, -0.2) is 28.2 Å². The number of benzene rings is 1. The summed E-state index contributed by atoms with van der Waals surface area (Å²) in [7, 11) is 0. The average molecular weight is 249 g/mol. The fourth-order valence-electron chi connectivity index (χ4n) is 1.32. The Morgan fingerprint density at radius 2 is 1.76 bits per heavy atom. The molecule has 0 saturated heterocycles. The Labute approximate surface area is 96.9 Å². The molecule has 0 unspecified atom stereocenters. The van der Waals surface area contributed by atoms with Crippen LogP contribution in [0.15, 0.2) is 30.3 Å². The molecule has 0 amide bonds. The van der Waals surface area contributed by atoms with Crippen molar-refractivity contribution in [2.45, 2.75) is 31.5 Å². The van der Waals surface area contributed by atoms with Crippen LogP contribution < -0.4 is 5.32 Å². The standard InChI is InChI=1S/C11H14F3NO2/c1-8(16)10(17,11(12,13)14)15-7-9-5-3-2-4-6-9/h2-6,8,15-17H,7H2,1H3/t8-,10+/m1/s1. The molecule has 6 heteroatoms. The van der Waals surface area contributed by atoms with E-state index in [9.17, 15) is 18.3 Å². The minimum atomic E-state index is -4.95. The van der Waals surface area contributed by atoms with Crippen LogP contribution in [0.3, 0.4) is 0 Å². The Morgan fingerprint density at radius 3 is 2.18 bits per heavy atom. The Bertz CT molecular complexity index is 353. The van der Waals surface area contributed by atoms with Crippen molar-refractivity contribution in [3.05, 3.63) is 35.9 Å². The van der Waals surface area contributed by atoms with Crippen molar-refractivity contribution in [2.24, 2.45) is 0 Å². The lowest BCUT2D eigenvalue weighted by atomic mass is 10.1. The Balaban J connectivity index is 2.76. The van der Waals surface area contributed by atoms with Gasteiger partial charge in [0.15, 0.2) is 0 Å². The van der Waals surface area contributed by atoms with Gasteiger partial charge in [0.05, 0.1) is 0 Å². The molecule has 0 aliphatic heterocycles. The Hall–Kier alpha value is -1.11. The van der Waals surface area contributed by atoms with Crippen molar-refractivity contribution >= 4 is 0 Å². The number of aliphatic hydroxyl groups excluding tert-OH is 1. The van der Waals surface area contributed by atoms with E-state index in [2.05, 4.69) is 0 Å². The molecule has 17 heavy (non-hydrogen) atoms. The average Bonchev–Trinajstić information content (AvgIpc) is 2.25. The topological polar surface area (TPSA) is 52.5 Å². The predicted octanol–water partition coefficient (Wildman–Crippen LogP) is 1.41. The maximum atomic E-state index is 12.6. The van der Waals surface area contributed by atoms with Gasteiger partial charge in [-0.2, -0.15) is 13.2 Å². The van der Waals surface area contributed by atoms with Crippen molar-refractivity contribution in [2.75, 3.05) is 0 Å². The van der Waals surface area contributed by atoms with Gasteiger partial charge < -0.3 is 10.2 Å². The molecule has 0 radical (unpaired) electrons. The van der Waals surface area contributed by atoms with E-state index in [4.69, 9.17) is 5.11 Å². The van der Waals surface area contributed by atoms with Crippen LogP contribution in [0.2, 0.25) is 0 Å². The van der Waals surface area contributed by atoms with Gasteiger partial charge in [0, 0.05) is 6.54 Å². The summed E-state index contributed by atoms with van der Waals surface area (Å²) in [5.74, 6) is 0. The van der Waals surface area contributed by atoms with Crippen LogP contribution in [0.25, 0.3) is 0 Å². The first kappa shape index (κ1) is 14.0. The first-order chi connectivity index (χ1) is 7.77. The minimum Gasteiger partial charge on any atom is -0.389 e. The van der Waals surface area contributed by atoms with Crippen LogP contribution in [-0.2, 0) is 6.54 Å². The van der Waals surface area contributed by atoms with Crippen LogP contribution in [0, 0.1) is 0 Å². The first-order valence-electron chi connectivity index (χ1n) is 5.03. The molecule has 1 aromatic carbocycles. The van der Waals surface area contributed by atoms with Gasteiger partial charge in [-0.15, -0.1) is 0 Å². The van der Waals surface area contributed by atoms with Crippen molar-refractivity contribution < 1.29 is 23.4 Å². The van der Waals surface area contributed by atoms with E-state index in [-0.39, 0.29) is 6.54 Å². The highest BCUT2D eigenvalue weighted by Gasteiger charge is 2.57. The molecule has 3 nitrogen and oxygen atoms in total. The molecule has 0 aromatic heterocycles. The lowest BCUT2D eigenvalue weighted by molar-refractivity contribution is -0.301. The number of halogens is 3. The SMILES string of the molecule is C[C@@H](O)[C@@](O)(NCc1ccccc1)C(F)(F)F. The molecule has 2 atom stereocenters. The second-order valence-electron chi connectivity index (χ2n) is 3.78. The summed E-state index contributed by atoms with van der Waals surface area (Å²) in [6, 6.07) is 8.31. The van der Waals surface area contributed by atoms with E-state index in [0.717, 1.165) is 6.92 Å². The third-order valence-corrected chi connectivity index (χ3v) is 2.44. The molecule has 3 N–H and O–H groups in total. The Kier molecular flexibility index (Phi) is 4.13. The number of alkyl halides is 3. The second kappa shape index (κ2) is 5.03. The summed E-state index contributed by atoms with van der Waals surface area (Å²) in [6.45, 7) is 0.688. The molecule has 1 rings (SSSR count).